The second kappa shape index (κ2) is 8.47. The maximum absolute atomic E-state index is 12.2. The first kappa shape index (κ1) is 17.2. The molecule has 23 heavy (non-hydrogen) atoms. The molecule has 1 aromatic heterocycles. The molecule has 0 unspecified atom stereocenters. The Morgan fingerprint density at radius 3 is 2.43 bits per heavy atom. The molecule has 2 aromatic rings. The lowest BCUT2D eigenvalue weighted by molar-refractivity contribution is -0.129. The number of rotatable bonds is 7. The molecule has 0 aliphatic rings. The Bertz CT molecular complexity index is 637. The summed E-state index contributed by atoms with van der Waals surface area (Å²) in [5, 5.41) is 0. The van der Waals surface area contributed by atoms with Crippen molar-refractivity contribution in [2.75, 3.05) is 13.6 Å². The minimum absolute atomic E-state index is 0.225. The minimum atomic E-state index is 0.225. The van der Waals surface area contributed by atoms with Crippen molar-refractivity contribution in [3.8, 4) is 0 Å². The van der Waals surface area contributed by atoms with E-state index in [9.17, 15) is 4.79 Å². The Morgan fingerprint density at radius 2 is 1.74 bits per heavy atom. The molecule has 1 amide bonds. The molecule has 0 saturated heterocycles. The van der Waals surface area contributed by atoms with Crippen LogP contribution in [0.2, 0.25) is 0 Å². The molecule has 1 aromatic carbocycles. The summed E-state index contributed by atoms with van der Waals surface area (Å²) in [6.45, 7) is 5.02. The molecule has 0 aliphatic heterocycles. The molecule has 0 saturated carbocycles. The molecule has 0 spiro atoms. The van der Waals surface area contributed by atoms with Crippen LogP contribution < -0.4 is 0 Å². The van der Waals surface area contributed by atoms with Gasteiger partial charge in [-0.25, -0.2) is 0 Å². The number of carbonyl (C=O) groups is 1. The molecule has 2 rings (SSSR count). The van der Waals surface area contributed by atoms with Crippen LogP contribution in [0.5, 0.6) is 0 Å². The van der Waals surface area contributed by atoms with Gasteiger partial charge in [-0.2, -0.15) is 0 Å². The zero-order chi connectivity index (χ0) is 16.7. The van der Waals surface area contributed by atoms with Crippen LogP contribution in [0.15, 0.2) is 42.7 Å². The van der Waals surface area contributed by atoms with Crippen molar-refractivity contribution in [2.24, 2.45) is 0 Å². The number of aryl methyl sites for hydroxylation is 3. The van der Waals surface area contributed by atoms with Gasteiger partial charge >= 0.3 is 0 Å². The van der Waals surface area contributed by atoms with Crippen LogP contribution in [0.3, 0.4) is 0 Å². The van der Waals surface area contributed by atoms with Gasteiger partial charge in [0.15, 0.2) is 0 Å². The Labute approximate surface area is 139 Å². The SMILES string of the molecule is Cc1ccc(CCCC(=O)N(C)CCc2ccncc2)cc1C. The Kier molecular flexibility index (Phi) is 6.33. The summed E-state index contributed by atoms with van der Waals surface area (Å²) in [6.07, 6.45) is 6.94. The summed E-state index contributed by atoms with van der Waals surface area (Å²) < 4.78 is 0. The summed E-state index contributed by atoms with van der Waals surface area (Å²) in [4.78, 5) is 18.0. The molecule has 1 heterocycles. The number of likely N-dealkylation sites (N-methyl/N-ethyl adjacent to an activating group) is 1. The molecular weight excluding hydrogens is 284 g/mol. The van der Waals surface area contributed by atoms with Crippen molar-refractivity contribution in [3.63, 3.8) is 0 Å². The van der Waals surface area contributed by atoms with Gasteiger partial charge in [-0.15, -0.1) is 0 Å². The number of pyridine rings is 1. The van der Waals surface area contributed by atoms with Gasteiger partial charge < -0.3 is 4.90 Å². The predicted molar refractivity (Wildman–Crippen MR) is 94.4 cm³/mol. The fourth-order valence-electron chi connectivity index (χ4n) is 2.56. The third-order valence-corrected chi connectivity index (χ3v) is 4.34. The predicted octanol–water partition coefficient (Wildman–Crippen LogP) is 3.72. The molecule has 0 bridgehead atoms. The van der Waals surface area contributed by atoms with E-state index in [1.165, 1.54) is 22.3 Å². The van der Waals surface area contributed by atoms with Gasteiger partial charge in [0.2, 0.25) is 5.91 Å². The quantitative estimate of drug-likeness (QED) is 0.781. The largest absolute Gasteiger partial charge is 0.345 e. The molecule has 3 heteroatoms. The Hall–Kier alpha value is -2.16. The van der Waals surface area contributed by atoms with Crippen molar-refractivity contribution in [2.45, 2.75) is 39.5 Å². The molecule has 0 radical (unpaired) electrons. The lowest BCUT2D eigenvalue weighted by Gasteiger charge is -2.17. The van der Waals surface area contributed by atoms with E-state index in [-0.39, 0.29) is 5.91 Å². The fourth-order valence-corrected chi connectivity index (χ4v) is 2.56. The van der Waals surface area contributed by atoms with Gasteiger partial charge in [-0.3, -0.25) is 9.78 Å². The number of aromatic nitrogens is 1. The van der Waals surface area contributed by atoms with Crippen molar-refractivity contribution in [1.82, 2.24) is 9.88 Å². The van der Waals surface area contributed by atoms with Crippen molar-refractivity contribution in [1.29, 1.82) is 0 Å². The highest BCUT2D eigenvalue weighted by atomic mass is 16.2. The van der Waals surface area contributed by atoms with Crippen LogP contribution in [0.1, 0.15) is 35.1 Å². The lowest BCUT2D eigenvalue weighted by atomic mass is 10.0. The average molecular weight is 310 g/mol. The van der Waals surface area contributed by atoms with Gasteiger partial charge in [0, 0.05) is 32.4 Å². The highest BCUT2D eigenvalue weighted by Crippen LogP contribution is 2.12. The van der Waals surface area contributed by atoms with Crippen LogP contribution in [-0.2, 0) is 17.6 Å². The van der Waals surface area contributed by atoms with Crippen LogP contribution in [0.25, 0.3) is 0 Å². The summed E-state index contributed by atoms with van der Waals surface area (Å²) in [5.74, 6) is 0.225. The lowest BCUT2D eigenvalue weighted by Crippen LogP contribution is -2.28. The number of carbonyl (C=O) groups excluding carboxylic acids is 1. The molecule has 0 N–H and O–H groups in total. The van der Waals surface area contributed by atoms with Crippen molar-refractivity contribution < 1.29 is 4.79 Å². The average Bonchev–Trinajstić information content (AvgIpc) is 2.56. The smallest absolute Gasteiger partial charge is 0.222 e. The minimum Gasteiger partial charge on any atom is -0.345 e. The third-order valence-electron chi connectivity index (χ3n) is 4.34. The molecular formula is C20H26N2O. The van der Waals surface area contributed by atoms with Crippen LogP contribution in [0, 0.1) is 13.8 Å². The van der Waals surface area contributed by atoms with Gasteiger partial charge in [-0.1, -0.05) is 18.2 Å². The number of amides is 1. The van der Waals surface area contributed by atoms with E-state index in [2.05, 4.69) is 37.0 Å². The van der Waals surface area contributed by atoms with Crippen LogP contribution in [-0.4, -0.2) is 29.4 Å². The first-order valence-electron chi connectivity index (χ1n) is 8.25. The van der Waals surface area contributed by atoms with E-state index < -0.39 is 0 Å². The topological polar surface area (TPSA) is 33.2 Å². The Morgan fingerprint density at radius 1 is 1.00 bits per heavy atom. The first-order chi connectivity index (χ1) is 11.1. The molecule has 3 nitrogen and oxygen atoms in total. The van der Waals surface area contributed by atoms with Gasteiger partial charge in [-0.05, 0) is 67.5 Å². The second-order valence-corrected chi connectivity index (χ2v) is 6.19. The highest BCUT2D eigenvalue weighted by molar-refractivity contribution is 5.75. The maximum Gasteiger partial charge on any atom is 0.222 e. The molecule has 0 aliphatic carbocycles. The second-order valence-electron chi connectivity index (χ2n) is 6.19. The summed E-state index contributed by atoms with van der Waals surface area (Å²) in [5.41, 5.74) is 5.18. The molecule has 0 atom stereocenters. The maximum atomic E-state index is 12.2. The summed E-state index contributed by atoms with van der Waals surface area (Å²) in [7, 11) is 1.89. The molecule has 122 valence electrons. The monoisotopic (exact) mass is 310 g/mol. The highest BCUT2D eigenvalue weighted by Gasteiger charge is 2.08. The van der Waals surface area contributed by atoms with Gasteiger partial charge in [0.05, 0.1) is 0 Å². The van der Waals surface area contributed by atoms with E-state index in [1.54, 1.807) is 12.4 Å². The Balaban J connectivity index is 1.72. The number of nitrogens with zero attached hydrogens (tertiary/aromatic N) is 2. The van der Waals surface area contributed by atoms with Crippen molar-refractivity contribution >= 4 is 5.91 Å². The third kappa shape index (κ3) is 5.51. The number of hydrogen-bond acceptors (Lipinski definition) is 2. The van der Waals surface area contributed by atoms with Crippen LogP contribution in [0.4, 0.5) is 0 Å². The summed E-state index contributed by atoms with van der Waals surface area (Å²) in [6, 6.07) is 10.6. The molecule has 0 fully saturated rings. The van der Waals surface area contributed by atoms with E-state index in [4.69, 9.17) is 0 Å². The zero-order valence-electron chi connectivity index (χ0n) is 14.4. The van der Waals surface area contributed by atoms with Crippen LogP contribution >= 0.6 is 0 Å². The van der Waals surface area contributed by atoms with E-state index in [1.807, 2.05) is 24.1 Å². The number of hydrogen-bond donors (Lipinski definition) is 0. The standard InChI is InChI=1S/C20H26N2O/c1-16-7-8-19(15-17(16)2)5-4-6-20(23)22(3)14-11-18-9-12-21-13-10-18/h7-10,12-13,15H,4-6,11,14H2,1-3H3. The number of benzene rings is 1. The van der Waals surface area contributed by atoms with E-state index in [0.29, 0.717) is 6.42 Å². The fraction of sp³-hybridized carbons (Fsp3) is 0.400. The van der Waals surface area contributed by atoms with E-state index >= 15 is 0 Å². The van der Waals surface area contributed by atoms with E-state index in [0.717, 1.165) is 25.8 Å². The first-order valence-corrected chi connectivity index (χ1v) is 8.25. The van der Waals surface area contributed by atoms with Gasteiger partial charge in [0.25, 0.3) is 0 Å². The van der Waals surface area contributed by atoms with Crippen molar-refractivity contribution in [3.05, 3.63) is 65.0 Å². The normalized spacial score (nSPS) is 10.6. The summed E-state index contributed by atoms with van der Waals surface area (Å²) >= 11 is 0. The zero-order valence-corrected chi connectivity index (χ0v) is 14.4. The van der Waals surface area contributed by atoms with Gasteiger partial charge in [0.1, 0.15) is 0 Å².